The summed E-state index contributed by atoms with van der Waals surface area (Å²) in [6.45, 7) is 1.43. The zero-order chi connectivity index (χ0) is 14.2. The first-order chi connectivity index (χ1) is 9.83. The average Bonchev–Trinajstić information content (AvgIpc) is 2.51. The Hall–Kier alpha value is -1.78. The SMILES string of the molecule is NCCCc1ccnc(-c2cc(CCCN)ccn2)c1. The summed E-state index contributed by atoms with van der Waals surface area (Å²) in [4.78, 5) is 8.84. The lowest BCUT2D eigenvalue weighted by atomic mass is 10.1. The van der Waals surface area contributed by atoms with E-state index in [0.29, 0.717) is 13.1 Å². The summed E-state index contributed by atoms with van der Waals surface area (Å²) in [5.41, 5.74) is 15.5. The predicted molar refractivity (Wildman–Crippen MR) is 82.2 cm³/mol. The van der Waals surface area contributed by atoms with Crippen LogP contribution in [0.2, 0.25) is 0 Å². The smallest absolute Gasteiger partial charge is 0.0888 e. The van der Waals surface area contributed by atoms with Crippen molar-refractivity contribution in [3.05, 3.63) is 47.8 Å². The van der Waals surface area contributed by atoms with Crippen LogP contribution in [0, 0.1) is 0 Å². The topological polar surface area (TPSA) is 77.8 Å². The minimum Gasteiger partial charge on any atom is -0.330 e. The Labute approximate surface area is 120 Å². The van der Waals surface area contributed by atoms with Crippen molar-refractivity contribution < 1.29 is 0 Å². The molecule has 0 spiro atoms. The van der Waals surface area contributed by atoms with Crippen molar-refractivity contribution in [1.82, 2.24) is 9.97 Å². The number of nitrogens with zero attached hydrogens (tertiary/aromatic N) is 2. The average molecular weight is 270 g/mol. The van der Waals surface area contributed by atoms with Gasteiger partial charge in [0.15, 0.2) is 0 Å². The Bertz CT molecular complexity index is 490. The van der Waals surface area contributed by atoms with E-state index in [4.69, 9.17) is 11.5 Å². The van der Waals surface area contributed by atoms with Crippen LogP contribution in [0.15, 0.2) is 36.7 Å². The third kappa shape index (κ3) is 4.11. The van der Waals surface area contributed by atoms with E-state index in [1.165, 1.54) is 11.1 Å². The first-order valence-corrected chi connectivity index (χ1v) is 7.14. The highest BCUT2D eigenvalue weighted by Gasteiger charge is 2.04. The Morgan fingerprint density at radius 1 is 0.750 bits per heavy atom. The van der Waals surface area contributed by atoms with Crippen LogP contribution >= 0.6 is 0 Å². The number of rotatable bonds is 7. The molecular weight excluding hydrogens is 248 g/mol. The maximum atomic E-state index is 5.55. The lowest BCUT2D eigenvalue weighted by molar-refractivity contribution is 0.829. The largest absolute Gasteiger partial charge is 0.330 e. The van der Waals surface area contributed by atoms with Gasteiger partial charge in [0, 0.05) is 12.4 Å². The number of hydrogen-bond donors (Lipinski definition) is 2. The van der Waals surface area contributed by atoms with Crippen LogP contribution in [-0.2, 0) is 12.8 Å². The highest BCUT2D eigenvalue weighted by Crippen LogP contribution is 2.18. The molecule has 0 saturated heterocycles. The first-order valence-electron chi connectivity index (χ1n) is 7.14. The van der Waals surface area contributed by atoms with Crippen LogP contribution in [0.1, 0.15) is 24.0 Å². The van der Waals surface area contributed by atoms with E-state index in [1.807, 2.05) is 24.5 Å². The number of aromatic nitrogens is 2. The molecule has 0 saturated carbocycles. The Morgan fingerprint density at radius 2 is 1.20 bits per heavy atom. The molecule has 20 heavy (non-hydrogen) atoms. The van der Waals surface area contributed by atoms with Crippen LogP contribution in [0.5, 0.6) is 0 Å². The van der Waals surface area contributed by atoms with Crippen LogP contribution in [0.25, 0.3) is 11.4 Å². The summed E-state index contributed by atoms with van der Waals surface area (Å²) in [6.07, 6.45) is 7.64. The summed E-state index contributed by atoms with van der Waals surface area (Å²) in [5.74, 6) is 0. The van der Waals surface area contributed by atoms with Gasteiger partial charge >= 0.3 is 0 Å². The second-order valence-corrected chi connectivity index (χ2v) is 4.88. The molecule has 0 radical (unpaired) electrons. The highest BCUT2D eigenvalue weighted by atomic mass is 14.8. The van der Waals surface area contributed by atoms with Gasteiger partial charge in [-0.05, 0) is 74.2 Å². The quantitative estimate of drug-likeness (QED) is 0.806. The normalized spacial score (nSPS) is 10.7. The fourth-order valence-electron chi connectivity index (χ4n) is 2.15. The molecule has 0 atom stereocenters. The molecule has 0 unspecified atom stereocenters. The van der Waals surface area contributed by atoms with Gasteiger partial charge < -0.3 is 11.5 Å². The van der Waals surface area contributed by atoms with Gasteiger partial charge in [-0.25, -0.2) is 0 Å². The maximum absolute atomic E-state index is 5.55. The molecule has 2 aromatic rings. The monoisotopic (exact) mass is 270 g/mol. The molecule has 2 rings (SSSR count). The molecule has 0 aliphatic carbocycles. The number of aryl methyl sites for hydroxylation is 2. The van der Waals surface area contributed by atoms with Gasteiger partial charge in [0.25, 0.3) is 0 Å². The molecule has 4 N–H and O–H groups in total. The van der Waals surface area contributed by atoms with Crippen molar-refractivity contribution in [2.75, 3.05) is 13.1 Å². The van der Waals surface area contributed by atoms with E-state index in [2.05, 4.69) is 22.1 Å². The van der Waals surface area contributed by atoms with Crippen LogP contribution in [0.3, 0.4) is 0 Å². The van der Waals surface area contributed by atoms with Crippen molar-refractivity contribution in [3.8, 4) is 11.4 Å². The second kappa shape index (κ2) is 7.72. The van der Waals surface area contributed by atoms with Gasteiger partial charge in [-0.2, -0.15) is 0 Å². The summed E-state index contributed by atoms with van der Waals surface area (Å²) in [7, 11) is 0. The van der Waals surface area contributed by atoms with E-state index < -0.39 is 0 Å². The molecule has 0 bridgehead atoms. The molecule has 2 aromatic heterocycles. The Kier molecular flexibility index (Phi) is 5.65. The molecule has 0 amide bonds. The highest BCUT2D eigenvalue weighted by molar-refractivity contribution is 5.55. The minimum atomic E-state index is 0.713. The third-order valence-corrected chi connectivity index (χ3v) is 3.25. The Morgan fingerprint density at radius 3 is 1.60 bits per heavy atom. The number of nitrogens with two attached hydrogens (primary N) is 2. The molecule has 4 nitrogen and oxygen atoms in total. The standard InChI is InChI=1S/C16H22N4/c17-7-1-3-13-5-9-19-15(11-13)16-12-14(4-2-8-18)6-10-20-16/h5-6,9-12H,1-4,7-8,17-18H2. The van der Waals surface area contributed by atoms with E-state index in [1.54, 1.807) is 0 Å². The maximum Gasteiger partial charge on any atom is 0.0888 e. The van der Waals surface area contributed by atoms with Gasteiger partial charge in [0.1, 0.15) is 0 Å². The third-order valence-electron chi connectivity index (χ3n) is 3.25. The Balaban J connectivity index is 2.17. The van der Waals surface area contributed by atoms with Crippen molar-refractivity contribution in [2.45, 2.75) is 25.7 Å². The summed E-state index contributed by atoms with van der Waals surface area (Å²) in [5, 5.41) is 0. The molecule has 0 aromatic carbocycles. The van der Waals surface area contributed by atoms with Gasteiger partial charge in [-0.15, -0.1) is 0 Å². The molecule has 0 fully saturated rings. The van der Waals surface area contributed by atoms with E-state index in [0.717, 1.165) is 37.1 Å². The molecular formula is C16H22N4. The zero-order valence-corrected chi connectivity index (χ0v) is 11.8. The van der Waals surface area contributed by atoms with E-state index >= 15 is 0 Å². The molecule has 0 aliphatic rings. The first kappa shape index (κ1) is 14.6. The van der Waals surface area contributed by atoms with Crippen LogP contribution in [0.4, 0.5) is 0 Å². The van der Waals surface area contributed by atoms with Crippen molar-refractivity contribution in [2.24, 2.45) is 11.5 Å². The molecule has 4 heteroatoms. The van der Waals surface area contributed by atoms with Crippen molar-refractivity contribution in [1.29, 1.82) is 0 Å². The van der Waals surface area contributed by atoms with Gasteiger partial charge in [-0.1, -0.05) is 0 Å². The van der Waals surface area contributed by atoms with Crippen LogP contribution in [-0.4, -0.2) is 23.1 Å². The lowest BCUT2D eigenvalue weighted by Crippen LogP contribution is -2.01. The second-order valence-electron chi connectivity index (χ2n) is 4.88. The van der Waals surface area contributed by atoms with Crippen molar-refractivity contribution in [3.63, 3.8) is 0 Å². The molecule has 106 valence electrons. The zero-order valence-electron chi connectivity index (χ0n) is 11.8. The van der Waals surface area contributed by atoms with Crippen LogP contribution < -0.4 is 11.5 Å². The summed E-state index contributed by atoms with van der Waals surface area (Å²) in [6, 6.07) is 8.28. The molecule has 2 heterocycles. The lowest BCUT2D eigenvalue weighted by Gasteiger charge is -2.06. The van der Waals surface area contributed by atoms with Gasteiger partial charge in [0.2, 0.25) is 0 Å². The number of pyridine rings is 2. The fraction of sp³-hybridized carbons (Fsp3) is 0.375. The fourth-order valence-corrected chi connectivity index (χ4v) is 2.15. The summed E-state index contributed by atoms with van der Waals surface area (Å²) >= 11 is 0. The number of hydrogen-bond acceptors (Lipinski definition) is 4. The predicted octanol–water partition coefficient (Wildman–Crippen LogP) is 1.93. The van der Waals surface area contributed by atoms with Crippen molar-refractivity contribution >= 4 is 0 Å². The summed E-state index contributed by atoms with van der Waals surface area (Å²) < 4.78 is 0. The van der Waals surface area contributed by atoms with E-state index in [-0.39, 0.29) is 0 Å². The minimum absolute atomic E-state index is 0.713. The van der Waals surface area contributed by atoms with E-state index in [9.17, 15) is 0 Å². The van der Waals surface area contributed by atoms with Gasteiger partial charge in [-0.3, -0.25) is 9.97 Å². The van der Waals surface area contributed by atoms with Gasteiger partial charge in [0.05, 0.1) is 11.4 Å². The molecule has 0 aliphatic heterocycles.